The molecule has 2 N–H and O–H groups in total. The molecule has 0 aliphatic heterocycles. The maximum Gasteiger partial charge on any atom is 0.408 e. The molecule has 0 aliphatic carbocycles. The monoisotopic (exact) mass is 517 g/mol. The van der Waals surface area contributed by atoms with E-state index >= 15 is 0 Å². The van der Waals surface area contributed by atoms with Gasteiger partial charge in [0.05, 0.1) is 7.11 Å². The lowest BCUT2D eigenvalue weighted by molar-refractivity contribution is -0.137. The molecule has 3 unspecified atom stereocenters. The Hall–Kier alpha value is -4.43. The molecule has 0 radical (unpaired) electrons. The molecular weight excluding hydrogens is 482 g/mol. The van der Waals surface area contributed by atoms with E-state index in [9.17, 15) is 14.4 Å². The fourth-order valence-electron chi connectivity index (χ4n) is 3.68. The van der Waals surface area contributed by atoms with Crippen molar-refractivity contribution in [2.24, 2.45) is 5.92 Å². The minimum absolute atomic E-state index is 0.320. The minimum atomic E-state index is -1.28. The Labute approximate surface area is 225 Å². The zero-order chi connectivity index (χ0) is 28.5. The highest BCUT2D eigenvalue weighted by Gasteiger charge is 2.38. The third-order valence-electron chi connectivity index (χ3n) is 5.80. The van der Waals surface area contributed by atoms with Crippen LogP contribution in [0.1, 0.15) is 58.2 Å². The van der Waals surface area contributed by atoms with Crippen LogP contribution in [0.2, 0.25) is 0 Å². The fraction of sp³-hybridized carbons (Fsp3) is 0.367. The first-order valence-electron chi connectivity index (χ1n) is 12.2. The number of nitrogens with one attached hydrogen (secondary N) is 2. The highest BCUT2D eigenvalue weighted by molar-refractivity contribution is 6.00. The first kappa shape index (κ1) is 29.8. The van der Waals surface area contributed by atoms with Crippen LogP contribution in [0.3, 0.4) is 0 Å². The Bertz CT molecular complexity index is 1220. The molecule has 0 bridgehead atoms. The van der Waals surface area contributed by atoms with E-state index in [0.717, 1.165) is 4.90 Å². The van der Waals surface area contributed by atoms with Crippen molar-refractivity contribution in [1.82, 2.24) is 10.2 Å². The molecule has 8 heteroatoms. The summed E-state index contributed by atoms with van der Waals surface area (Å²) in [5.41, 5.74) is 0.461. The SMILES string of the molecule is C#Cc1ccccc1C(C(=O)Nc1ccc(OC)cc1)N(C#C)C(=O)C(NC(=O)OC(C)(C)C)C(C)CC. The van der Waals surface area contributed by atoms with Crippen molar-refractivity contribution in [1.29, 1.82) is 0 Å². The number of terminal acetylenes is 2. The summed E-state index contributed by atoms with van der Waals surface area (Å²) in [4.78, 5) is 41.2. The maximum atomic E-state index is 13.9. The van der Waals surface area contributed by atoms with Crippen molar-refractivity contribution >= 4 is 23.6 Å². The highest BCUT2D eigenvalue weighted by atomic mass is 16.6. The van der Waals surface area contributed by atoms with Gasteiger partial charge in [0.2, 0.25) is 0 Å². The fourth-order valence-corrected chi connectivity index (χ4v) is 3.68. The van der Waals surface area contributed by atoms with E-state index in [4.69, 9.17) is 22.3 Å². The lowest BCUT2D eigenvalue weighted by atomic mass is 9.94. The zero-order valence-corrected chi connectivity index (χ0v) is 22.7. The molecule has 0 aliphatic rings. The molecule has 3 amide bonds. The van der Waals surface area contributed by atoms with Gasteiger partial charge in [-0.1, -0.05) is 50.8 Å². The van der Waals surface area contributed by atoms with Crippen LogP contribution in [0.5, 0.6) is 5.75 Å². The van der Waals surface area contributed by atoms with Crippen LogP contribution in [0.4, 0.5) is 10.5 Å². The number of alkyl carbamates (subject to hydrolysis) is 1. The number of methoxy groups -OCH3 is 1. The quantitative estimate of drug-likeness (QED) is 0.371. The lowest BCUT2D eigenvalue weighted by Crippen LogP contribution is -2.53. The average Bonchev–Trinajstić information content (AvgIpc) is 2.88. The number of benzene rings is 2. The molecule has 2 aromatic rings. The second-order valence-electron chi connectivity index (χ2n) is 9.70. The van der Waals surface area contributed by atoms with Gasteiger partial charge in [0.15, 0.2) is 6.04 Å². The van der Waals surface area contributed by atoms with Gasteiger partial charge >= 0.3 is 6.09 Å². The van der Waals surface area contributed by atoms with Gasteiger partial charge in [-0.05, 0) is 57.0 Å². The number of hydrogen-bond donors (Lipinski definition) is 2. The summed E-state index contributed by atoms with van der Waals surface area (Å²) >= 11 is 0. The molecule has 8 nitrogen and oxygen atoms in total. The molecule has 3 atom stereocenters. The van der Waals surface area contributed by atoms with Crippen LogP contribution in [0, 0.1) is 30.7 Å². The van der Waals surface area contributed by atoms with Gasteiger partial charge in [0.25, 0.3) is 11.8 Å². The van der Waals surface area contributed by atoms with Crippen molar-refractivity contribution < 1.29 is 23.9 Å². The third kappa shape index (κ3) is 7.78. The Morgan fingerprint density at radius 1 is 1.05 bits per heavy atom. The van der Waals surface area contributed by atoms with Gasteiger partial charge < -0.3 is 20.1 Å². The van der Waals surface area contributed by atoms with Crippen LogP contribution in [-0.4, -0.2) is 41.6 Å². The predicted octanol–water partition coefficient (Wildman–Crippen LogP) is 4.72. The smallest absolute Gasteiger partial charge is 0.408 e. The summed E-state index contributed by atoms with van der Waals surface area (Å²) in [5, 5.41) is 5.44. The predicted molar refractivity (Wildman–Crippen MR) is 147 cm³/mol. The number of nitrogens with zero attached hydrogens (tertiary/aromatic N) is 1. The first-order valence-corrected chi connectivity index (χ1v) is 12.2. The van der Waals surface area contributed by atoms with Crippen LogP contribution < -0.4 is 15.4 Å². The van der Waals surface area contributed by atoms with E-state index in [2.05, 4.69) is 22.6 Å². The average molecular weight is 518 g/mol. The van der Waals surface area contributed by atoms with Crippen molar-refractivity contribution in [2.75, 3.05) is 12.4 Å². The summed E-state index contributed by atoms with van der Waals surface area (Å²) < 4.78 is 10.5. The summed E-state index contributed by atoms with van der Waals surface area (Å²) in [7, 11) is 1.54. The van der Waals surface area contributed by atoms with Crippen molar-refractivity contribution in [3.05, 3.63) is 59.7 Å². The lowest BCUT2D eigenvalue weighted by Gasteiger charge is -2.32. The van der Waals surface area contributed by atoms with Gasteiger partial charge in [0, 0.05) is 22.9 Å². The molecule has 0 saturated carbocycles. The standard InChI is InChI=1S/C30H35N3O5/c1-9-20(4)25(32-29(36)38-30(5,6)7)28(35)33(11-3)26(24-15-13-12-14-21(24)10-2)27(34)31-22-16-18-23(37-8)19-17-22/h2-3,12-20,25-26H,9H2,1,4-8H3,(H,31,34)(H,32,36). The van der Waals surface area contributed by atoms with E-state index in [0.29, 0.717) is 29.0 Å². The first-order chi connectivity index (χ1) is 17.9. The normalized spacial score (nSPS) is 13.1. The maximum absolute atomic E-state index is 13.9. The number of hydrogen-bond acceptors (Lipinski definition) is 5. The van der Waals surface area contributed by atoms with E-state index in [1.807, 2.05) is 6.92 Å². The molecule has 0 heterocycles. The van der Waals surface area contributed by atoms with Gasteiger partial charge in [-0.3, -0.25) is 14.5 Å². The van der Waals surface area contributed by atoms with Gasteiger partial charge in [-0.15, -0.1) is 6.42 Å². The van der Waals surface area contributed by atoms with Crippen molar-refractivity contribution in [3.8, 4) is 30.6 Å². The van der Waals surface area contributed by atoms with Gasteiger partial charge in [-0.25, -0.2) is 4.79 Å². The zero-order valence-electron chi connectivity index (χ0n) is 22.7. The van der Waals surface area contributed by atoms with Crippen LogP contribution in [0.25, 0.3) is 0 Å². The molecule has 38 heavy (non-hydrogen) atoms. The summed E-state index contributed by atoms with van der Waals surface area (Å²) in [6.45, 7) is 8.84. The largest absolute Gasteiger partial charge is 0.497 e. The Morgan fingerprint density at radius 2 is 1.68 bits per heavy atom. The molecule has 0 aromatic heterocycles. The summed E-state index contributed by atoms with van der Waals surface area (Å²) in [6.07, 6.45) is 11.4. The number of ether oxygens (including phenoxy) is 2. The van der Waals surface area contributed by atoms with Crippen molar-refractivity contribution in [3.63, 3.8) is 0 Å². The molecule has 0 fully saturated rings. The Morgan fingerprint density at radius 3 is 2.21 bits per heavy atom. The number of amides is 3. The molecule has 2 aromatic carbocycles. The topological polar surface area (TPSA) is 97.0 Å². The number of carbonyl (C=O) groups is 3. The summed E-state index contributed by atoms with van der Waals surface area (Å²) in [5.74, 6) is 1.63. The molecular formula is C30H35N3O5. The van der Waals surface area contributed by atoms with Gasteiger partial charge in [-0.2, -0.15) is 0 Å². The Kier molecular flexibility index (Phi) is 10.4. The van der Waals surface area contributed by atoms with E-state index in [1.54, 1.807) is 76.2 Å². The third-order valence-corrected chi connectivity index (χ3v) is 5.80. The highest BCUT2D eigenvalue weighted by Crippen LogP contribution is 2.28. The molecule has 200 valence electrons. The minimum Gasteiger partial charge on any atom is -0.497 e. The van der Waals surface area contributed by atoms with Crippen LogP contribution in [-0.2, 0) is 14.3 Å². The molecule has 0 saturated heterocycles. The second-order valence-corrected chi connectivity index (χ2v) is 9.70. The molecule has 0 spiro atoms. The van der Waals surface area contributed by atoms with E-state index in [-0.39, 0.29) is 5.92 Å². The summed E-state index contributed by atoms with van der Waals surface area (Å²) in [6, 6.07) is 13.5. The van der Waals surface area contributed by atoms with Crippen LogP contribution >= 0.6 is 0 Å². The van der Waals surface area contributed by atoms with Crippen molar-refractivity contribution in [2.45, 2.75) is 58.7 Å². The number of anilines is 1. The van der Waals surface area contributed by atoms with E-state index < -0.39 is 35.6 Å². The van der Waals surface area contributed by atoms with Crippen LogP contribution in [0.15, 0.2) is 48.5 Å². The van der Waals surface area contributed by atoms with E-state index in [1.165, 1.54) is 7.11 Å². The van der Waals surface area contributed by atoms with Gasteiger partial charge in [0.1, 0.15) is 17.4 Å². The number of rotatable bonds is 9. The Balaban J connectivity index is 2.53. The molecule has 2 rings (SSSR count). The second kappa shape index (κ2) is 13.2. The number of carbonyl (C=O) groups excluding carboxylic acids is 3.